The third kappa shape index (κ3) is 4.75. The Labute approximate surface area is 154 Å². The Bertz CT molecular complexity index is 763. The topological polar surface area (TPSA) is 29.8 Å². The Morgan fingerprint density at radius 2 is 1.64 bits per heavy atom. The van der Waals surface area contributed by atoms with Gasteiger partial charge in [-0.15, -0.1) is 0 Å². The standard InChI is InChI=1S/C22H24ClNO/c1-16-5-7-19(8-6-16)21(22-4-3-15-25-22)13-14-24-17(2)18-9-11-20(23)12-10-18/h3-12,15,17,21,24H,13-14H2,1-2H3/p+1/t17-,21-/m1/s1. The van der Waals surface area contributed by atoms with Gasteiger partial charge in [0.2, 0.25) is 0 Å². The Morgan fingerprint density at radius 3 is 2.28 bits per heavy atom. The van der Waals surface area contributed by atoms with E-state index in [4.69, 9.17) is 16.0 Å². The molecular formula is C22H25ClNO+. The molecule has 0 aliphatic heterocycles. The maximum absolute atomic E-state index is 5.98. The number of rotatable bonds is 7. The molecule has 0 radical (unpaired) electrons. The summed E-state index contributed by atoms with van der Waals surface area (Å²) in [6, 6.07) is 21.4. The fourth-order valence-corrected chi connectivity index (χ4v) is 3.30. The van der Waals surface area contributed by atoms with Crippen molar-refractivity contribution in [2.45, 2.75) is 32.2 Å². The second-order valence-corrected chi connectivity index (χ2v) is 7.07. The molecule has 2 nitrogen and oxygen atoms in total. The van der Waals surface area contributed by atoms with Gasteiger partial charge in [0.15, 0.2) is 0 Å². The van der Waals surface area contributed by atoms with Crippen molar-refractivity contribution in [3.63, 3.8) is 0 Å². The SMILES string of the molecule is Cc1ccc([C@@H](CC[NH2+][C@H](C)c2ccc(Cl)cc2)c2ccco2)cc1. The summed E-state index contributed by atoms with van der Waals surface area (Å²) in [4.78, 5) is 0. The minimum Gasteiger partial charge on any atom is -0.469 e. The molecule has 0 saturated carbocycles. The molecule has 2 aromatic carbocycles. The first kappa shape index (κ1) is 17.8. The van der Waals surface area contributed by atoms with Crippen molar-refractivity contribution in [3.8, 4) is 0 Å². The smallest absolute Gasteiger partial charge is 0.111 e. The lowest BCUT2D eigenvalue weighted by Crippen LogP contribution is -2.84. The maximum Gasteiger partial charge on any atom is 0.111 e. The van der Waals surface area contributed by atoms with Crippen LogP contribution in [0.2, 0.25) is 5.02 Å². The van der Waals surface area contributed by atoms with Gasteiger partial charge >= 0.3 is 0 Å². The number of halogens is 1. The van der Waals surface area contributed by atoms with Crippen LogP contribution in [0.3, 0.4) is 0 Å². The van der Waals surface area contributed by atoms with Crippen molar-refractivity contribution >= 4 is 11.6 Å². The molecule has 0 aliphatic carbocycles. The lowest BCUT2D eigenvalue weighted by Gasteiger charge is -2.17. The maximum atomic E-state index is 5.98. The highest BCUT2D eigenvalue weighted by atomic mass is 35.5. The molecule has 0 fully saturated rings. The molecule has 1 heterocycles. The van der Waals surface area contributed by atoms with E-state index < -0.39 is 0 Å². The molecule has 3 rings (SSSR count). The van der Waals surface area contributed by atoms with Gasteiger partial charge in [0.05, 0.1) is 12.8 Å². The monoisotopic (exact) mass is 354 g/mol. The summed E-state index contributed by atoms with van der Waals surface area (Å²) in [7, 11) is 0. The van der Waals surface area contributed by atoms with Gasteiger partial charge in [-0.05, 0) is 43.7 Å². The van der Waals surface area contributed by atoms with Crippen LogP contribution in [0.5, 0.6) is 0 Å². The first-order valence-corrected chi connectivity index (χ1v) is 9.20. The predicted octanol–water partition coefficient (Wildman–Crippen LogP) is 5.09. The van der Waals surface area contributed by atoms with Gasteiger partial charge in [0.1, 0.15) is 11.8 Å². The van der Waals surface area contributed by atoms with Crippen LogP contribution in [0.25, 0.3) is 0 Å². The van der Waals surface area contributed by atoms with E-state index in [9.17, 15) is 0 Å². The quantitative estimate of drug-likeness (QED) is 0.629. The summed E-state index contributed by atoms with van der Waals surface area (Å²) in [5.41, 5.74) is 3.90. The van der Waals surface area contributed by atoms with Gasteiger partial charge in [-0.2, -0.15) is 0 Å². The molecule has 0 aliphatic rings. The molecule has 0 unspecified atom stereocenters. The Morgan fingerprint density at radius 1 is 0.960 bits per heavy atom. The van der Waals surface area contributed by atoms with Gasteiger partial charge in [-0.1, -0.05) is 53.6 Å². The van der Waals surface area contributed by atoms with Crippen molar-refractivity contribution in [1.82, 2.24) is 0 Å². The zero-order valence-corrected chi connectivity index (χ0v) is 15.5. The number of furan rings is 1. The molecule has 1 aromatic heterocycles. The number of nitrogens with two attached hydrogens (primary N) is 1. The van der Waals surface area contributed by atoms with Gasteiger partial charge < -0.3 is 9.73 Å². The van der Waals surface area contributed by atoms with E-state index in [2.05, 4.69) is 61.6 Å². The molecule has 130 valence electrons. The Hall–Kier alpha value is -2.03. The van der Waals surface area contributed by atoms with E-state index in [1.54, 1.807) is 6.26 Å². The van der Waals surface area contributed by atoms with Crippen LogP contribution in [0.15, 0.2) is 71.3 Å². The second-order valence-electron chi connectivity index (χ2n) is 6.63. The van der Waals surface area contributed by atoms with Crippen LogP contribution in [0, 0.1) is 6.92 Å². The van der Waals surface area contributed by atoms with E-state index in [-0.39, 0.29) is 0 Å². The average Bonchev–Trinajstić information content (AvgIpc) is 3.14. The van der Waals surface area contributed by atoms with Crippen LogP contribution in [0.4, 0.5) is 0 Å². The molecule has 3 heteroatoms. The van der Waals surface area contributed by atoms with Crippen LogP contribution in [-0.4, -0.2) is 6.54 Å². The summed E-state index contributed by atoms with van der Waals surface area (Å²) < 4.78 is 5.71. The van der Waals surface area contributed by atoms with E-state index in [1.807, 2.05) is 18.2 Å². The van der Waals surface area contributed by atoms with Crippen LogP contribution < -0.4 is 5.32 Å². The largest absolute Gasteiger partial charge is 0.469 e. The van der Waals surface area contributed by atoms with Crippen LogP contribution in [0.1, 0.15) is 47.8 Å². The van der Waals surface area contributed by atoms with Gasteiger partial charge in [-0.25, -0.2) is 0 Å². The van der Waals surface area contributed by atoms with Crippen molar-refractivity contribution < 1.29 is 9.73 Å². The van der Waals surface area contributed by atoms with Crippen molar-refractivity contribution in [2.75, 3.05) is 6.54 Å². The van der Waals surface area contributed by atoms with Crippen LogP contribution >= 0.6 is 11.6 Å². The van der Waals surface area contributed by atoms with E-state index in [0.29, 0.717) is 12.0 Å². The summed E-state index contributed by atoms with van der Waals surface area (Å²) in [6.45, 7) is 5.38. The highest BCUT2D eigenvalue weighted by Gasteiger charge is 2.18. The second kappa shape index (κ2) is 8.37. The zero-order valence-electron chi connectivity index (χ0n) is 14.8. The fraction of sp³-hybridized carbons (Fsp3) is 0.273. The van der Waals surface area contributed by atoms with Crippen molar-refractivity contribution in [1.29, 1.82) is 0 Å². The lowest BCUT2D eigenvalue weighted by molar-refractivity contribution is -0.693. The highest BCUT2D eigenvalue weighted by molar-refractivity contribution is 6.30. The van der Waals surface area contributed by atoms with Gasteiger partial charge in [-0.3, -0.25) is 0 Å². The zero-order chi connectivity index (χ0) is 17.6. The third-order valence-electron chi connectivity index (χ3n) is 4.74. The lowest BCUT2D eigenvalue weighted by atomic mass is 9.92. The third-order valence-corrected chi connectivity index (χ3v) is 4.99. The molecule has 3 aromatic rings. The van der Waals surface area contributed by atoms with E-state index in [0.717, 1.165) is 23.7 Å². The van der Waals surface area contributed by atoms with Gasteiger partial charge in [0, 0.05) is 22.9 Å². The van der Waals surface area contributed by atoms with Crippen molar-refractivity contribution in [3.05, 3.63) is 94.4 Å². The highest BCUT2D eigenvalue weighted by Crippen LogP contribution is 2.28. The first-order chi connectivity index (χ1) is 12.1. The molecule has 2 atom stereocenters. The predicted molar refractivity (Wildman–Crippen MR) is 103 cm³/mol. The molecule has 25 heavy (non-hydrogen) atoms. The number of quaternary nitrogens is 1. The van der Waals surface area contributed by atoms with E-state index >= 15 is 0 Å². The number of aryl methyl sites for hydroxylation is 1. The summed E-state index contributed by atoms with van der Waals surface area (Å²) in [5, 5.41) is 3.17. The normalized spacial score (nSPS) is 13.6. The Balaban J connectivity index is 1.65. The summed E-state index contributed by atoms with van der Waals surface area (Å²) in [6.07, 6.45) is 2.80. The summed E-state index contributed by atoms with van der Waals surface area (Å²) in [5.74, 6) is 1.33. The first-order valence-electron chi connectivity index (χ1n) is 8.82. The molecular weight excluding hydrogens is 330 g/mol. The number of hydrogen-bond acceptors (Lipinski definition) is 1. The van der Waals surface area contributed by atoms with Crippen LogP contribution in [-0.2, 0) is 0 Å². The Kier molecular flexibility index (Phi) is 5.95. The number of benzene rings is 2. The minimum absolute atomic E-state index is 0.296. The average molecular weight is 355 g/mol. The molecule has 0 saturated heterocycles. The summed E-state index contributed by atoms with van der Waals surface area (Å²) >= 11 is 5.98. The van der Waals surface area contributed by atoms with Crippen molar-refractivity contribution in [2.24, 2.45) is 0 Å². The number of hydrogen-bond donors (Lipinski definition) is 1. The fourth-order valence-electron chi connectivity index (χ4n) is 3.18. The molecule has 0 spiro atoms. The van der Waals surface area contributed by atoms with Gasteiger partial charge in [0.25, 0.3) is 0 Å². The molecule has 0 bridgehead atoms. The molecule has 2 N–H and O–H groups in total. The molecule has 0 amide bonds. The van der Waals surface area contributed by atoms with E-state index in [1.165, 1.54) is 16.7 Å². The minimum atomic E-state index is 0.296.